The third kappa shape index (κ3) is 27.7. The van der Waals surface area contributed by atoms with Crippen molar-refractivity contribution in [1.29, 1.82) is 0 Å². The topological polar surface area (TPSA) is 267 Å². The molecule has 0 aliphatic carbocycles. The Bertz CT molecular complexity index is 3630. The van der Waals surface area contributed by atoms with Gasteiger partial charge in [0.15, 0.2) is 0 Å². The fourth-order valence-corrected chi connectivity index (χ4v) is 13.0. The number of halogens is 3. The van der Waals surface area contributed by atoms with Gasteiger partial charge in [-0.05, 0) is 177 Å². The van der Waals surface area contributed by atoms with Crippen LogP contribution in [-0.4, -0.2) is 178 Å². The Labute approximate surface area is 655 Å². The van der Waals surface area contributed by atoms with Gasteiger partial charge < -0.3 is 19.1 Å². The van der Waals surface area contributed by atoms with Gasteiger partial charge >= 0.3 is 0 Å². The molecule has 0 spiro atoms. The monoisotopic (exact) mass is 1570 g/mol. The number of rotatable bonds is 8. The van der Waals surface area contributed by atoms with Crippen LogP contribution in [0.5, 0.6) is 0 Å². The van der Waals surface area contributed by atoms with Gasteiger partial charge in [0.25, 0.3) is 64.6 Å². The highest BCUT2D eigenvalue weighted by atomic mass is 35.5. The largest absolute Gasteiger partial charge is 0.373 e. The van der Waals surface area contributed by atoms with Gasteiger partial charge in [0.05, 0.1) is 52.8 Å². The van der Waals surface area contributed by atoms with E-state index in [0.717, 1.165) is 52.0 Å². The summed E-state index contributed by atoms with van der Waals surface area (Å²) >= 11 is 17.9. The molecule has 10 heterocycles. The highest BCUT2D eigenvalue weighted by molar-refractivity contribution is 7.13. The molecule has 22 nitrogen and oxygen atoms in total. The zero-order valence-corrected chi connectivity index (χ0v) is 72.1. The average molecular weight is 1570 g/mol. The van der Waals surface area contributed by atoms with Crippen LogP contribution in [0.4, 0.5) is 0 Å². The van der Waals surface area contributed by atoms with Crippen LogP contribution in [0.1, 0.15) is 221 Å². The standard InChI is InChI=1S/C11H13NOS.C10H17NO.C9H13NO2.C9H18O.C8H11NO2.C7H7Cl2NO2.C7H8ClNO2.C7H9NO2.C7H14O.C6H12O/c1-11(2,3)12-10(13)8-6-4-5-7-9(8)14-12;1-4-10(12)11-7-5-6-9(11)8(2)3;1-5(2)10-8(11)6(3)7(4)9(10)12;1-6(2)7-8(10-7)9(3,4)5;1-5(2)9-7(10)4-6(3)8(9)11;1-3(2)10-6(11)4(8)5(9)7(10)12;1-4(2)9-6(10)3-5(8)7(9)11;1-5(2)8-6(9)3-4-7(8)10;1-5-6(8-5)7(2,3)4;1-6(2,3)5-4-7-5/h4-7H,1-3H3;4,8-9H,1,5-7H2,2-3H3;5H,1-4H3;6-8H,1-5H3;4-5H,1-3H3;3H,1-2H3;3-4H,1-2H3;3-5H,1-2H3;5-6H,1-4H3;5H,4H2,1-3H3. The lowest BCUT2D eigenvalue weighted by Gasteiger charge is -2.26. The molecule has 0 saturated carbocycles. The summed E-state index contributed by atoms with van der Waals surface area (Å²) in [6, 6.07) is 7.73. The van der Waals surface area contributed by atoms with Crippen LogP contribution in [0.2, 0.25) is 0 Å². The number of hydrogen-bond acceptors (Lipinski definition) is 16. The van der Waals surface area contributed by atoms with E-state index in [1.54, 1.807) is 48.5 Å². The molecule has 11 amide bonds. The molecule has 6 atom stereocenters. The summed E-state index contributed by atoms with van der Waals surface area (Å²) in [5.41, 5.74) is 2.78. The van der Waals surface area contributed by atoms with Crippen LogP contribution in [-0.2, 0) is 72.5 Å². The van der Waals surface area contributed by atoms with Crippen LogP contribution >= 0.6 is 46.3 Å². The summed E-state index contributed by atoms with van der Waals surface area (Å²) in [6.07, 6.45) is 11.4. The van der Waals surface area contributed by atoms with Gasteiger partial charge in [0, 0.05) is 83.8 Å². The van der Waals surface area contributed by atoms with E-state index in [9.17, 15) is 57.5 Å². The van der Waals surface area contributed by atoms with Crippen LogP contribution in [0.25, 0.3) is 10.1 Å². The number of ether oxygens (including phenoxy) is 3. The molecule has 107 heavy (non-hydrogen) atoms. The van der Waals surface area contributed by atoms with E-state index in [2.05, 4.69) is 104 Å². The van der Waals surface area contributed by atoms with Crippen molar-refractivity contribution in [1.82, 2.24) is 33.4 Å². The third-order valence-corrected chi connectivity index (χ3v) is 20.2. The van der Waals surface area contributed by atoms with Gasteiger partial charge in [-0.15, -0.1) is 0 Å². The fourth-order valence-electron chi connectivity index (χ4n) is 11.4. The number of amides is 11. The molecule has 6 unspecified atom stereocenters. The van der Waals surface area contributed by atoms with E-state index in [0.29, 0.717) is 81.4 Å². The number of benzene rings is 1. The van der Waals surface area contributed by atoms with Gasteiger partial charge in [0.2, 0.25) is 5.91 Å². The van der Waals surface area contributed by atoms with Crippen molar-refractivity contribution in [3.05, 3.63) is 103 Å². The maximum atomic E-state index is 11.9. The first kappa shape index (κ1) is 96.3. The van der Waals surface area contributed by atoms with E-state index < -0.39 is 17.7 Å². The lowest BCUT2D eigenvalue weighted by molar-refractivity contribution is -0.141. The van der Waals surface area contributed by atoms with Crippen LogP contribution in [0.15, 0.2) is 97.8 Å². The summed E-state index contributed by atoms with van der Waals surface area (Å²) in [5, 5.41) is 0.460. The molecule has 1 aromatic carbocycles. The van der Waals surface area contributed by atoms with E-state index in [1.807, 2.05) is 95.4 Å². The Kier molecular flexibility index (Phi) is 36.3. The van der Waals surface area contributed by atoms with Crippen molar-refractivity contribution in [2.75, 3.05) is 13.2 Å². The summed E-state index contributed by atoms with van der Waals surface area (Å²) in [6.45, 7) is 65.3. The molecule has 4 saturated heterocycles. The number of carbonyl (C=O) groups is 11. The zero-order chi connectivity index (χ0) is 83.1. The highest BCUT2D eigenvalue weighted by Gasteiger charge is 2.49. The van der Waals surface area contributed by atoms with Crippen molar-refractivity contribution >= 4 is 121 Å². The predicted molar refractivity (Wildman–Crippen MR) is 426 cm³/mol. The maximum Gasteiger partial charge on any atom is 0.274 e. The minimum atomic E-state index is -0.512. The summed E-state index contributed by atoms with van der Waals surface area (Å²) in [4.78, 5) is 142. The molecule has 4 fully saturated rings. The summed E-state index contributed by atoms with van der Waals surface area (Å²) in [5.74, 6) is -1.47. The van der Waals surface area contributed by atoms with Crippen LogP contribution < -0.4 is 5.56 Å². The SMILES string of the molecule is C=CC(=O)N1CCCC1C(C)C.CC(C)(C)C1CO1.CC(C)(C)n1sc2ccccc2c1=O.CC(C)C1OC1C(C)(C)C.CC(C)N1C(=O)C(Cl)=C(Cl)C1=O.CC(C)N1C(=O)C=C(Cl)C1=O.CC(C)N1C(=O)C=CC1=O.CC1=C(C)C(=O)N(C(C)C)C1=O.CC1=CC(=O)N(C(C)C)C1=O.CC1OC1C(C)(C)C. The first-order chi connectivity index (χ1) is 48.8. The quantitative estimate of drug-likeness (QED) is 0.135. The lowest BCUT2D eigenvalue weighted by atomic mass is 9.87. The molecular formula is C81H122Cl3N7O15S. The Balaban J connectivity index is 0.000000406. The molecule has 0 bridgehead atoms. The Morgan fingerprint density at radius 1 is 0.533 bits per heavy atom. The second kappa shape index (κ2) is 40.3. The van der Waals surface area contributed by atoms with Gasteiger partial charge in [-0.3, -0.25) is 86.0 Å². The Hall–Kier alpha value is -6.73. The van der Waals surface area contributed by atoms with Crippen molar-refractivity contribution in [3.8, 4) is 0 Å². The Morgan fingerprint density at radius 2 is 0.944 bits per heavy atom. The molecule has 0 radical (unpaired) electrons. The summed E-state index contributed by atoms with van der Waals surface area (Å²) < 4.78 is 18.8. The highest BCUT2D eigenvalue weighted by Crippen LogP contribution is 2.42. The minimum Gasteiger partial charge on any atom is -0.373 e. The predicted octanol–water partition coefficient (Wildman–Crippen LogP) is 14.8. The molecule has 11 rings (SSSR count). The number of epoxide rings is 3. The van der Waals surface area contributed by atoms with Crippen molar-refractivity contribution in [2.24, 2.45) is 28.1 Å². The first-order valence-electron chi connectivity index (χ1n) is 36.7. The second-order valence-corrected chi connectivity index (χ2v) is 35.7. The third-order valence-electron chi connectivity index (χ3n) is 17.6. The zero-order valence-electron chi connectivity index (χ0n) is 69.0. The number of likely N-dealkylation sites (tertiary alicyclic amines) is 1. The fraction of sp³-hybridized carbons (Fsp3) is 0.630. The number of carbonyl (C=O) groups excluding carboxylic acids is 11. The van der Waals surface area contributed by atoms with Gasteiger partial charge in [-0.2, -0.15) is 0 Å². The summed E-state index contributed by atoms with van der Waals surface area (Å²) in [7, 11) is 0. The van der Waals surface area contributed by atoms with E-state index in [-0.39, 0.29) is 104 Å². The van der Waals surface area contributed by atoms with Crippen molar-refractivity contribution < 1.29 is 67.0 Å². The normalized spacial score (nSPS) is 21.6. The van der Waals surface area contributed by atoms with Crippen molar-refractivity contribution in [2.45, 2.75) is 293 Å². The van der Waals surface area contributed by atoms with Gasteiger partial charge in [0.1, 0.15) is 15.1 Å². The molecule has 9 aliphatic rings. The smallest absolute Gasteiger partial charge is 0.274 e. The number of nitrogens with zero attached hydrogens (tertiary/aromatic N) is 7. The first-order valence-corrected chi connectivity index (χ1v) is 38.6. The molecular weight excluding hydrogens is 1450 g/mol. The molecule has 2 aromatic rings. The molecule has 1 aromatic heterocycles. The molecule has 0 N–H and O–H groups in total. The van der Waals surface area contributed by atoms with Gasteiger partial charge in [-0.1, -0.05) is 155 Å². The van der Waals surface area contributed by atoms with Gasteiger partial charge in [-0.25, -0.2) is 0 Å². The van der Waals surface area contributed by atoms with Crippen LogP contribution in [0.3, 0.4) is 0 Å². The van der Waals surface area contributed by atoms with Crippen LogP contribution in [0, 0.1) is 28.1 Å². The number of imide groups is 5. The Morgan fingerprint density at radius 3 is 1.18 bits per heavy atom. The second-order valence-electron chi connectivity index (χ2n) is 33.5. The van der Waals surface area contributed by atoms with Crippen molar-refractivity contribution in [3.63, 3.8) is 0 Å². The molecule has 9 aliphatic heterocycles. The number of hydrogen-bond donors (Lipinski definition) is 0. The minimum absolute atomic E-state index is 0.00343. The van der Waals surface area contributed by atoms with E-state index >= 15 is 0 Å². The lowest BCUT2D eigenvalue weighted by Crippen LogP contribution is -2.37. The molecule has 598 valence electrons. The van der Waals surface area contributed by atoms with E-state index in [4.69, 9.17) is 49.0 Å². The van der Waals surface area contributed by atoms with E-state index in [1.165, 1.54) is 50.5 Å². The number of fused-ring (bicyclic) bond motifs is 1. The number of aromatic nitrogens is 1. The average Bonchev–Trinajstić information content (AvgIpc) is 1.64. The molecule has 26 heteroatoms. The maximum absolute atomic E-state index is 11.9.